The number of benzene rings is 1. The van der Waals surface area contributed by atoms with E-state index in [1.807, 2.05) is 31.3 Å². The predicted octanol–water partition coefficient (Wildman–Crippen LogP) is 1.94. The SMILES string of the molecule is Cc1cc2c(NCCCOCCO)ccc(N)c2cn1. The van der Waals surface area contributed by atoms with E-state index in [4.69, 9.17) is 15.6 Å². The van der Waals surface area contributed by atoms with Crippen molar-refractivity contribution in [2.24, 2.45) is 0 Å². The molecule has 20 heavy (non-hydrogen) atoms. The van der Waals surface area contributed by atoms with Crippen molar-refractivity contribution in [3.8, 4) is 0 Å². The van der Waals surface area contributed by atoms with Gasteiger partial charge in [0.2, 0.25) is 0 Å². The van der Waals surface area contributed by atoms with Crippen molar-refractivity contribution in [1.29, 1.82) is 0 Å². The van der Waals surface area contributed by atoms with Crippen LogP contribution in [0.3, 0.4) is 0 Å². The number of aliphatic hydroxyl groups excluding tert-OH is 1. The van der Waals surface area contributed by atoms with E-state index in [1.54, 1.807) is 0 Å². The third-order valence-corrected chi connectivity index (χ3v) is 3.09. The van der Waals surface area contributed by atoms with Gasteiger partial charge in [-0.25, -0.2) is 0 Å². The fraction of sp³-hybridized carbons (Fsp3) is 0.400. The number of hydrogen-bond acceptors (Lipinski definition) is 5. The summed E-state index contributed by atoms with van der Waals surface area (Å²) in [4.78, 5) is 4.29. The summed E-state index contributed by atoms with van der Waals surface area (Å²) in [6.45, 7) is 3.89. The first-order valence-corrected chi connectivity index (χ1v) is 6.79. The molecule has 0 aliphatic heterocycles. The highest BCUT2D eigenvalue weighted by Gasteiger charge is 2.04. The maximum absolute atomic E-state index is 8.61. The molecule has 2 rings (SSSR count). The number of hydrogen-bond donors (Lipinski definition) is 3. The molecule has 108 valence electrons. The first-order valence-electron chi connectivity index (χ1n) is 6.79. The van der Waals surface area contributed by atoms with Crippen LogP contribution in [0, 0.1) is 6.92 Å². The summed E-state index contributed by atoms with van der Waals surface area (Å²) >= 11 is 0. The second-order valence-electron chi connectivity index (χ2n) is 4.69. The number of aliphatic hydroxyl groups is 1. The molecule has 1 aromatic heterocycles. The van der Waals surface area contributed by atoms with Crippen LogP contribution in [0.5, 0.6) is 0 Å². The monoisotopic (exact) mass is 275 g/mol. The summed E-state index contributed by atoms with van der Waals surface area (Å²) in [6.07, 6.45) is 2.70. The van der Waals surface area contributed by atoms with Gasteiger partial charge in [-0.05, 0) is 31.5 Å². The van der Waals surface area contributed by atoms with Gasteiger partial charge in [-0.3, -0.25) is 4.98 Å². The Kier molecular flexibility index (Phi) is 5.15. The van der Waals surface area contributed by atoms with Crippen LogP contribution < -0.4 is 11.1 Å². The van der Waals surface area contributed by atoms with Gasteiger partial charge in [-0.1, -0.05) is 0 Å². The summed E-state index contributed by atoms with van der Waals surface area (Å²) < 4.78 is 5.23. The summed E-state index contributed by atoms with van der Waals surface area (Å²) in [7, 11) is 0. The second-order valence-corrected chi connectivity index (χ2v) is 4.69. The average Bonchev–Trinajstić information content (AvgIpc) is 2.45. The van der Waals surface area contributed by atoms with Gasteiger partial charge in [0.25, 0.3) is 0 Å². The molecular weight excluding hydrogens is 254 g/mol. The maximum Gasteiger partial charge on any atom is 0.0697 e. The van der Waals surface area contributed by atoms with Crippen LogP contribution in [0.1, 0.15) is 12.1 Å². The molecule has 0 spiro atoms. The number of ether oxygens (including phenoxy) is 1. The minimum atomic E-state index is 0.0717. The van der Waals surface area contributed by atoms with E-state index in [2.05, 4.69) is 10.3 Å². The Morgan fingerprint density at radius 3 is 2.95 bits per heavy atom. The third kappa shape index (κ3) is 3.59. The van der Waals surface area contributed by atoms with Gasteiger partial charge in [-0.2, -0.15) is 0 Å². The van der Waals surface area contributed by atoms with Crippen LogP contribution in [0.15, 0.2) is 24.4 Å². The van der Waals surface area contributed by atoms with Crippen molar-refractivity contribution < 1.29 is 9.84 Å². The lowest BCUT2D eigenvalue weighted by atomic mass is 10.1. The fourth-order valence-corrected chi connectivity index (χ4v) is 2.08. The van der Waals surface area contributed by atoms with Gasteiger partial charge in [0, 0.05) is 47.2 Å². The molecular formula is C15H21N3O2. The predicted molar refractivity (Wildman–Crippen MR) is 81.9 cm³/mol. The van der Waals surface area contributed by atoms with Crippen molar-refractivity contribution in [3.05, 3.63) is 30.1 Å². The molecule has 0 amide bonds. The number of pyridine rings is 1. The van der Waals surface area contributed by atoms with E-state index in [0.29, 0.717) is 13.2 Å². The number of aromatic nitrogens is 1. The Balaban J connectivity index is 2.03. The molecule has 0 fully saturated rings. The number of nitrogens with one attached hydrogen (secondary N) is 1. The molecule has 1 aromatic carbocycles. The lowest BCUT2D eigenvalue weighted by Gasteiger charge is -2.12. The molecule has 0 atom stereocenters. The Bertz CT molecular complexity index is 572. The van der Waals surface area contributed by atoms with E-state index in [-0.39, 0.29) is 6.61 Å². The van der Waals surface area contributed by atoms with E-state index < -0.39 is 0 Å². The Hall–Kier alpha value is -1.85. The fourth-order valence-electron chi connectivity index (χ4n) is 2.08. The van der Waals surface area contributed by atoms with Crippen LogP contribution >= 0.6 is 0 Å². The first-order chi connectivity index (χ1) is 9.72. The van der Waals surface area contributed by atoms with Crippen LogP contribution in [0.4, 0.5) is 11.4 Å². The van der Waals surface area contributed by atoms with Crippen molar-refractivity contribution in [2.75, 3.05) is 37.4 Å². The molecule has 4 N–H and O–H groups in total. The summed E-state index contributed by atoms with van der Waals surface area (Å²) in [5.41, 5.74) is 8.74. The zero-order valence-electron chi connectivity index (χ0n) is 11.7. The lowest BCUT2D eigenvalue weighted by molar-refractivity contribution is 0.0922. The molecule has 0 aliphatic rings. The maximum atomic E-state index is 8.61. The Morgan fingerprint density at radius 1 is 1.30 bits per heavy atom. The molecule has 2 aromatic rings. The van der Waals surface area contributed by atoms with Crippen LogP contribution in [-0.4, -0.2) is 36.5 Å². The van der Waals surface area contributed by atoms with Gasteiger partial charge in [-0.15, -0.1) is 0 Å². The molecule has 5 nitrogen and oxygen atoms in total. The van der Waals surface area contributed by atoms with Gasteiger partial charge in [0.15, 0.2) is 0 Å². The number of nitrogen functional groups attached to an aromatic ring is 1. The molecule has 0 saturated heterocycles. The number of fused-ring (bicyclic) bond motifs is 1. The number of anilines is 2. The molecule has 0 aliphatic carbocycles. The zero-order chi connectivity index (χ0) is 14.4. The van der Waals surface area contributed by atoms with Gasteiger partial charge in [0.1, 0.15) is 0 Å². The zero-order valence-corrected chi connectivity index (χ0v) is 11.7. The summed E-state index contributed by atoms with van der Waals surface area (Å²) in [5.74, 6) is 0. The molecule has 0 unspecified atom stereocenters. The van der Waals surface area contributed by atoms with Crippen LogP contribution in [0.2, 0.25) is 0 Å². The van der Waals surface area contributed by atoms with Crippen molar-refractivity contribution >= 4 is 22.1 Å². The third-order valence-electron chi connectivity index (χ3n) is 3.09. The molecule has 0 radical (unpaired) electrons. The minimum absolute atomic E-state index is 0.0717. The highest BCUT2D eigenvalue weighted by atomic mass is 16.5. The minimum Gasteiger partial charge on any atom is -0.398 e. The highest BCUT2D eigenvalue weighted by molar-refractivity contribution is 6.00. The molecule has 0 bridgehead atoms. The number of nitrogens with two attached hydrogens (primary N) is 1. The standard InChI is InChI=1S/C15H21N3O2/c1-11-9-12-13(10-18-11)14(16)3-4-15(12)17-5-2-7-20-8-6-19/h3-4,9-10,17,19H,2,5-8,16H2,1H3. The topological polar surface area (TPSA) is 80.4 Å². The van der Waals surface area contributed by atoms with Gasteiger partial charge < -0.3 is 20.9 Å². The van der Waals surface area contributed by atoms with Crippen molar-refractivity contribution in [2.45, 2.75) is 13.3 Å². The summed E-state index contributed by atoms with van der Waals surface area (Å²) in [6, 6.07) is 5.92. The van der Waals surface area contributed by atoms with Crippen molar-refractivity contribution in [1.82, 2.24) is 4.98 Å². The molecule has 5 heteroatoms. The van der Waals surface area contributed by atoms with Crippen molar-refractivity contribution in [3.63, 3.8) is 0 Å². The normalized spacial score (nSPS) is 10.9. The molecule has 1 heterocycles. The van der Waals surface area contributed by atoms with E-state index in [0.717, 1.165) is 40.8 Å². The first kappa shape index (κ1) is 14.6. The second kappa shape index (κ2) is 7.07. The Morgan fingerprint density at radius 2 is 2.15 bits per heavy atom. The number of rotatable bonds is 7. The van der Waals surface area contributed by atoms with Gasteiger partial charge >= 0.3 is 0 Å². The van der Waals surface area contributed by atoms with Crippen LogP contribution in [-0.2, 0) is 4.74 Å². The average molecular weight is 275 g/mol. The highest BCUT2D eigenvalue weighted by Crippen LogP contribution is 2.28. The van der Waals surface area contributed by atoms with Gasteiger partial charge in [0.05, 0.1) is 13.2 Å². The quantitative estimate of drug-likeness (QED) is 0.531. The molecule has 0 saturated carbocycles. The largest absolute Gasteiger partial charge is 0.398 e. The smallest absolute Gasteiger partial charge is 0.0697 e. The van der Waals surface area contributed by atoms with E-state index >= 15 is 0 Å². The van der Waals surface area contributed by atoms with E-state index in [1.165, 1.54) is 0 Å². The number of nitrogens with zero attached hydrogens (tertiary/aromatic N) is 1. The Labute approximate surface area is 118 Å². The van der Waals surface area contributed by atoms with E-state index in [9.17, 15) is 0 Å². The lowest BCUT2D eigenvalue weighted by Crippen LogP contribution is -2.08. The van der Waals surface area contributed by atoms with Crippen LogP contribution in [0.25, 0.3) is 10.8 Å². The summed E-state index contributed by atoms with van der Waals surface area (Å²) in [5, 5.41) is 14.1. The number of aryl methyl sites for hydroxylation is 1.